The van der Waals surface area contributed by atoms with Gasteiger partial charge >= 0.3 is 0 Å². The fourth-order valence-electron chi connectivity index (χ4n) is 3.04. The fourth-order valence-corrected chi connectivity index (χ4v) is 4.93. The second-order valence-electron chi connectivity index (χ2n) is 6.33. The first-order valence-corrected chi connectivity index (χ1v) is 10.1. The summed E-state index contributed by atoms with van der Waals surface area (Å²) in [6.45, 7) is 7.27. The molecule has 2 rings (SSSR count). The molecule has 1 N–H and O–H groups in total. The van der Waals surface area contributed by atoms with E-state index in [1.54, 1.807) is 18.2 Å². The Morgan fingerprint density at radius 1 is 1.21 bits per heavy atom. The topological polar surface area (TPSA) is 84.3 Å². The molecular weight excluding hydrogens is 328 g/mol. The maximum atomic E-state index is 12.9. The molecular formula is C16H28N4O3S. The number of amides is 1. The van der Waals surface area contributed by atoms with Gasteiger partial charge in [-0.1, -0.05) is 19.8 Å². The van der Waals surface area contributed by atoms with E-state index in [2.05, 4.69) is 17.3 Å². The Morgan fingerprint density at radius 2 is 1.88 bits per heavy atom. The Balaban J connectivity index is 2.17. The molecule has 0 bridgehead atoms. The summed E-state index contributed by atoms with van der Waals surface area (Å²) < 4.78 is 28.9. The Morgan fingerprint density at radius 3 is 2.50 bits per heavy atom. The third-order valence-electron chi connectivity index (χ3n) is 4.37. The van der Waals surface area contributed by atoms with Gasteiger partial charge in [0.1, 0.15) is 11.4 Å². The SMILES string of the molecule is CCCCNC(=O)Cn1nc(C)c(S(=O)(=O)N2CCCCC2)c1C. The highest BCUT2D eigenvalue weighted by molar-refractivity contribution is 7.89. The summed E-state index contributed by atoms with van der Waals surface area (Å²) in [5, 5.41) is 7.12. The molecule has 1 aliphatic heterocycles. The van der Waals surface area contributed by atoms with E-state index in [1.165, 1.54) is 4.68 Å². The van der Waals surface area contributed by atoms with Crippen molar-refractivity contribution in [1.82, 2.24) is 19.4 Å². The van der Waals surface area contributed by atoms with Crippen LogP contribution in [0.4, 0.5) is 0 Å². The fraction of sp³-hybridized carbons (Fsp3) is 0.750. The monoisotopic (exact) mass is 356 g/mol. The van der Waals surface area contributed by atoms with Gasteiger partial charge in [0.05, 0.1) is 11.4 Å². The van der Waals surface area contributed by atoms with Crippen molar-refractivity contribution in [2.75, 3.05) is 19.6 Å². The molecule has 7 nitrogen and oxygen atoms in total. The molecule has 1 aromatic heterocycles. The number of carbonyl (C=O) groups excluding carboxylic acids is 1. The van der Waals surface area contributed by atoms with Gasteiger partial charge in [0.25, 0.3) is 0 Å². The standard InChI is InChI=1S/C16H28N4O3S/c1-4-5-9-17-15(21)12-20-14(3)16(13(2)18-20)24(22,23)19-10-7-6-8-11-19/h4-12H2,1-3H3,(H,17,21). The van der Waals surface area contributed by atoms with Crippen LogP contribution in [0.3, 0.4) is 0 Å². The lowest BCUT2D eigenvalue weighted by molar-refractivity contribution is -0.121. The predicted molar refractivity (Wildman–Crippen MR) is 92.2 cm³/mol. The number of unbranched alkanes of at least 4 members (excludes halogenated alkanes) is 1. The molecule has 1 aliphatic rings. The zero-order valence-electron chi connectivity index (χ0n) is 14.8. The van der Waals surface area contributed by atoms with Crippen molar-refractivity contribution in [2.24, 2.45) is 0 Å². The van der Waals surface area contributed by atoms with Crippen molar-refractivity contribution in [1.29, 1.82) is 0 Å². The average molecular weight is 356 g/mol. The van der Waals surface area contributed by atoms with Crippen molar-refractivity contribution < 1.29 is 13.2 Å². The van der Waals surface area contributed by atoms with Crippen molar-refractivity contribution in [2.45, 2.75) is 64.3 Å². The Labute approximate surface area is 144 Å². The summed E-state index contributed by atoms with van der Waals surface area (Å²) in [7, 11) is -3.54. The number of piperidine rings is 1. The number of nitrogens with one attached hydrogen (secondary N) is 1. The molecule has 0 saturated carbocycles. The highest BCUT2D eigenvalue weighted by atomic mass is 32.2. The van der Waals surface area contributed by atoms with Crippen molar-refractivity contribution >= 4 is 15.9 Å². The number of aromatic nitrogens is 2. The summed E-state index contributed by atoms with van der Waals surface area (Å²) in [6, 6.07) is 0. The van der Waals surface area contributed by atoms with Crippen LogP contribution in [-0.4, -0.2) is 48.0 Å². The van der Waals surface area contributed by atoms with Gasteiger partial charge in [-0.3, -0.25) is 9.48 Å². The zero-order valence-corrected chi connectivity index (χ0v) is 15.7. The zero-order chi connectivity index (χ0) is 17.7. The van der Waals surface area contributed by atoms with Crippen LogP contribution in [0.2, 0.25) is 0 Å². The Hall–Kier alpha value is -1.41. The molecule has 136 valence electrons. The number of hydrogen-bond acceptors (Lipinski definition) is 4. The summed E-state index contributed by atoms with van der Waals surface area (Å²) >= 11 is 0. The van der Waals surface area contributed by atoms with Crippen LogP contribution < -0.4 is 5.32 Å². The van der Waals surface area contributed by atoms with E-state index < -0.39 is 10.0 Å². The summed E-state index contributed by atoms with van der Waals surface area (Å²) in [5.41, 5.74) is 0.989. The van der Waals surface area contributed by atoms with Crippen LogP contribution >= 0.6 is 0 Å². The normalized spacial score (nSPS) is 16.3. The van der Waals surface area contributed by atoms with Crippen molar-refractivity contribution in [3.05, 3.63) is 11.4 Å². The van der Waals surface area contributed by atoms with Crippen LogP contribution in [0.15, 0.2) is 4.90 Å². The maximum Gasteiger partial charge on any atom is 0.246 e. The van der Waals surface area contributed by atoms with E-state index in [0.717, 1.165) is 32.1 Å². The number of nitrogens with zero attached hydrogens (tertiary/aromatic N) is 3. The van der Waals surface area contributed by atoms with Gasteiger partial charge in [-0.15, -0.1) is 0 Å². The van der Waals surface area contributed by atoms with Crippen LogP contribution in [0, 0.1) is 13.8 Å². The molecule has 8 heteroatoms. The van der Waals surface area contributed by atoms with E-state index >= 15 is 0 Å². The minimum Gasteiger partial charge on any atom is -0.354 e. The summed E-state index contributed by atoms with van der Waals surface area (Å²) in [4.78, 5) is 12.2. The maximum absolute atomic E-state index is 12.9. The van der Waals surface area contributed by atoms with Crippen molar-refractivity contribution in [3.63, 3.8) is 0 Å². The molecule has 0 aromatic carbocycles. The van der Waals surface area contributed by atoms with E-state index in [1.807, 2.05) is 0 Å². The van der Waals surface area contributed by atoms with Gasteiger partial charge in [-0.25, -0.2) is 8.42 Å². The molecule has 1 amide bonds. The van der Waals surface area contributed by atoms with Gasteiger partial charge in [0.2, 0.25) is 15.9 Å². The lowest BCUT2D eigenvalue weighted by atomic mass is 10.2. The Kier molecular flexibility index (Phi) is 6.40. The number of aryl methyl sites for hydroxylation is 1. The molecule has 1 aromatic rings. The van der Waals surface area contributed by atoms with Crippen LogP contribution in [-0.2, 0) is 21.4 Å². The lowest BCUT2D eigenvalue weighted by Gasteiger charge is -2.25. The molecule has 0 radical (unpaired) electrons. The van der Waals surface area contributed by atoms with E-state index in [9.17, 15) is 13.2 Å². The predicted octanol–water partition coefficient (Wildman–Crippen LogP) is 1.59. The van der Waals surface area contributed by atoms with Crippen molar-refractivity contribution in [3.8, 4) is 0 Å². The number of carbonyl (C=O) groups is 1. The minimum absolute atomic E-state index is 0.0475. The third kappa shape index (κ3) is 4.16. The van der Waals surface area contributed by atoms with Crippen LogP contribution in [0.25, 0.3) is 0 Å². The average Bonchev–Trinajstić information content (AvgIpc) is 2.83. The molecule has 0 spiro atoms. The first-order chi connectivity index (χ1) is 11.4. The summed E-state index contributed by atoms with van der Waals surface area (Å²) in [5.74, 6) is -0.143. The number of hydrogen-bond donors (Lipinski definition) is 1. The second kappa shape index (κ2) is 8.11. The van der Waals surface area contributed by atoms with Gasteiger partial charge in [-0.05, 0) is 33.1 Å². The first-order valence-electron chi connectivity index (χ1n) is 8.68. The molecule has 1 saturated heterocycles. The molecule has 1 fully saturated rings. The van der Waals surface area contributed by atoms with E-state index in [4.69, 9.17) is 0 Å². The molecule has 0 aliphatic carbocycles. The smallest absolute Gasteiger partial charge is 0.246 e. The number of rotatable bonds is 7. The second-order valence-corrected chi connectivity index (χ2v) is 8.20. The van der Waals surface area contributed by atoms with Gasteiger partial charge in [0, 0.05) is 19.6 Å². The van der Waals surface area contributed by atoms with E-state index in [0.29, 0.717) is 31.0 Å². The first kappa shape index (κ1) is 18.9. The third-order valence-corrected chi connectivity index (χ3v) is 6.53. The molecule has 0 atom stereocenters. The lowest BCUT2D eigenvalue weighted by Crippen LogP contribution is -2.36. The molecule has 24 heavy (non-hydrogen) atoms. The van der Waals surface area contributed by atoms with Crippen LogP contribution in [0.1, 0.15) is 50.4 Å². The van der Waals surface area contributed by atoms with Gasteiger partial charge < -0.3 is 5.32 Å². The molecule has 0 unspecified atom stereocenters. The highest BCUT2D eigenvalue weighted by Crippen LogP contribution is 2.25. The highest BCUT2D eigenvalue weighted by Gasteiger charge is 2.31. The van der Waals surface area contributed by atoms with Gasteiger partial charge in [0.15, 0.2) is 0 Å². The largest absolute Gasteiger partial charge is 0.354 e. The van der Waals surface area contributed by atoms with E-state index in [-0.39, 0.29) is 17.3 Å². The molecule has 2 heterocycles. The minimum atomic E-state index is -3.54. The van der Waals surface area contributed by atoms with Crippen LogP contribution in [0.5, 0.6) is 0 Å². The summed E-state index contributed by atoms with van der Waals surface area (Å²) in [6.07, 6.45) is 4.80. The number of sulfonamides is 1. The quantitative estimate of drug-likeness (QED) is 0.752. The Bertz CT molecular complexity index is 676. The van der Waals surface area contributed by atoms with Gasteiger partial charge in [-0.2, -0.15) is 9.40 Å².